The SMILES string of the molecule is C=C(NC(=S)C(C)(C)O)C(C)C. The van der Waals surface area contributed by atoms with Gasteiger partial charge in [-0.2, -0.15) is 0 Å². The van der Waals surface area contributed by atoms with Crippen molar-refractivity contribution < 1.29 is 5.11 Å². The lowest BCUT2D eigenvalue weighted by atomic mass is 10.1. The molecule has 12 heavy (non-hydrogen) atoms. The van der Waals surface area contributed by atoms with Crippen LogP contribution in [0, 0.1) is 5.92 Å². The van der Waals surface area contributed by atoms with E-state index in [1.54, 1.807) is 13.8 Å². The third kappa shape index (κ3) is 3.83. The van der Waals surface area contributed by atoms with E-state index in [-0.39, 0.29) is 0 Å². The number of hydrogen-bond acceptors (Lipinski definition) is 2. The fourth-order valence-electron chi connectivity index (χ4n) is 0.443. The van der Waals surface area contributed by atoms with Gasteiger partial charge in [0, 0.05) is 5.70 Å². The molecule has 70 valence electrons. The Morgan fingerprint density at radius 2 is 1.92 bits per heavy atom. The predicted octanol–water partition coefficient (Wildman–Crippen LogP) is 1.84. The van der Waals surface area contributed by atoms with Gasteiger partial charge in [0.05, 0.1) is 0 Å². The van der Waals surface area contributed by atoms with E-state index in [0.29, 0.717) is 10.9 Å². The number of allylic oxidation sites excluding steroid dienone is 1. The van der Waals surface area contributed by atoms with Gasteiger partial charge in [-0.15, -0.1) is 0 Å². The largest absolute Gasteiger partial charge is 0.383 e. The highest BCUT2D eigenvalue weighted by atomic mass is 32.1. The molecule has 0 bridgehead atoms. The lowest BCUT2D eigenvalue weighted by molar-refractivity contribution is 0.153. The Kier molecular flexibility index (Phi) is 3.87. The summed E-state index contributed by atoms with van der Waals surface area (Å²) in [4.78, 5) is 0.418. The number of thiocarbonyl (C=S) groups is 1. The van der Waals surface area contributed by atoms with Gasteiger partial charge in [0.25, 0.3) is 0 Å². The van der Waals surface area contributed by atoms with Crippen LogP contribution in [0.1, 0.15) is 27.7 Å². The van der Waals surface area contributed by atoms with Crippen LogP contribution in [0.5, 0.6) is 0 Å². The van der Waals surface area contributed by atoms with Crippen LogP contribution in [0.2, 0.25) is 0 Å². The third-order valence-electron chi connectivity index (χ3n) is 1.53. The van der Waals surface area contributed by atoms with Gasteiger partial charge in [0.1, 0.15) is 10.6 Å². The fourth-order valence-corrected chi connectivity index (χ4v) is 0.574. The molecule has 0 rings (SSSR count). The van der Waals surface area contributed by atoms with Crippen molar-refractivity contribution in [3.05, 3.63) is 12.3 Å². The molecule has 0 saturated carbocycles. The Hall–Kier alpha value is -0.410. The van der Waals surface area contributed by atoms with Crippen molar-refractivity contribution in [1.29, 1.82) is 0 Å². The molecule has 0 saturated heterocycles. The van der Waals surface area contributed by atoms with Gasteiger partial charge in [0.15, 0.2) is 0 Å². The Balaban J connectivity index is 4.12. The molecule has 0 aliphatic heterocycles. The van der Waals surface area contributed by atoms with Gasteiger partial charge in [-0.25, -0.2) is 0 Å². The van der Waals surface area contributed by atoms with E-state index in [1.807, 2.05) is 13.8 Å². The molecule has 0 spiro atoms. The van der Waals surface area contributed by atoms with E-state index >= 15 is 0 Å². The molecule has 0 fully saturated rings. The summed E-state index contributed by atoms with van der Waals surface area (Å²) in [5, 5.41) is 12.4. The fraction of sp³-hybridized carbons (Fsp3) is 0.667. The summed E-state index contributed by atoms with van der Waals surface area (Å²) in [5.41, 5.74) is -0.130. The highest BCUT2D eigenvalue weighted by Gasteiger charge is 2.19. The molecule has 0 radical (unpaired) electrons. The Morgan fingerprint density at radius 3 is 2.17 bits per heavy atom. The second kappa shape index (κ2) is 4.01. The number of nitrogens with one attached hydrogen (secondary N) is 1. The number of aliphatic hydroxyl groups is 1. The van der Waals surface area contributed by atoms with E-state index in [1.165, 1.54) is 0 Å². The zero-order chi connectivity index (χ0) is 9.94. The zero-order valence-corrected chi connectivity index (χ0v) is 8.96. The molecule has 2 N–H and O–H groups in total. The summed E-state index contributed by atoms with van der Waals surface area (Å²) in [6, 6.07) is 0. The van der Waals surface area contributed by atoms with Crippen LogP contribution in [0.25, 0.3) is 0 Å². The summed E-state index contributed by atoms with van der Waals surface area (Å²) in [6.07, 6.45) is 0. The molecule has 2 nitrogen and oxygen atoms in total. The first-order valence-electron chi connectivity index (χ1n) is 3.97. The molecule has 0 aromatic rings. The highest BCUT2D eigenvalue weighted by molar-refractivity contribution is 7.80. The monoisotopic (exact) mass is 187 g/mol. The van der Waals surface area contributed by atoms with E-state index in [4.69, 9.17) is 12.2 Å². The van der Waals surface area contributed by atoms with Crippen LogP contribution in [-0.4, -0.2) is 15.7 Å². The first-order valence-corrected chi connectivity index (χ1v) is 4.38. The van der Waals surface area contributed by atoms with E-state index < -0.39 is 5.60 Å². The molecular formula is C9H17NOS. The van der Waals surface area contributed by atoms with Gasteiger partial charge in [-0.05, 0) is 19.8 Å². The Morgan fingerprint density at radius 1 is 1.50 bits per heavy atom. The van der Waals surface area contributed by atoms with Gasteiger partial charge in [0.2, 0.25) is 0 Å². The summed E-state index contributed by atoms with van der Waals surface area (Å²) in [6.45, 7) is 11.1. The maximum atomic E-state index is 9.47. The smallest absolute Gasteiger partial charge is 0.111 e. The van der Waals surface area contributed by atoms with Crippen molar-refractivity contribution in [2.75, 3.05) is 0 Å². The average Bonchev–Trinajstić information content (AvgIpc) is 1.85. The van der Waals surface area contributed by atoms with Crippen LogP contribution in [0.4, 0.5) is 0 Å². The maximum Gasteiger partial charge on any atom is 0.111 e. The van der Waals surface area contributed by atoms with Crippen LogP contribution in [0.15, 0.2) is 12.3 Å². The Labute approximate surface area is 79.7 Å². The van der Waals surface area contributed by atoms with Gasteiger partial charge < -0.3 is 10.4 Å². The molecular weight excluding hydrogens is 170 g/mol. The van der Waals surface area contributed by atoms with Crippen molar-refractivity contribution in [2.24, 2.45) is 5.92 Å². The first kappa shape index (κ1) is 11.6. The third-order valence-corrected chi connectivity index (χ3v) is 2.13. The lowest BCUT2D eigenvalue weighted by Gasteiger charge is -2.22. The topological polar surface area (TPSA) is 32.3 Å². The molecule has 0 aromatic carbocycles. The van der Waals surface area contributed by atoms with Crippen LogP contribution in [0.3, 0.4) is 0 Å². The number of hydrogen-bond donors (Lipinski definition) is 2. The van der Waals surface area contributed by atoms with Crippen molar-refractivity contribution in [2.45, 2.75) is 33.3 Å². The van der Waals surface area contributed by atoms with E-state index in [2.05, 4.69) is 11.9 Å². The van der Waals surface area contributed by atoms with Crippen molar-refractivity contribution in [3.8, 4) is 0 Å². The minimum Gasteiger partial charge on any atom is -0.383 e. The highest BCUT2D eigenvalue weighted by Crippen LogP contribution is 2.08. The predicted molar refractivity (Wildman–Crippen MR) is 56.0 cm³/mol. The van der Waals surface area contributed by atoms with E-state index in [9.17, 15) is 5.11 Å². The standard InChI is InChI=1S/C9H17NOS/c1-6(2)7(3)10-8(12)9(4,5)11/h6,11H,3H2,1-2,4-5H3,(H,10,12). The second-order valence-electron chi connectivity index (χ2n) is 3.69. The zero-order valence-electron chi connectivity index (χ0n) is 8.14. The molecule has 0 aromatic heterocycles. The second-order valence-corrected chi connectivity index (χ2v) is 4.10. The number of rotatable bonds is 3. The minimum absolute atomic E-state index is 0.324. The van der Waals surface area contributed by atoms with Gasteiger partial charge in [-0.1, -0.05) is 32.6 Å². The molecule has 0 atom stereocenters. The summed E-state index contributed by atoms with van der Waals surface area (Å²) < 4.78 is 0. The average molecular weight is 187 g/mol. The molecule has 0 aliphatic rings. The summed E-state index contributed by atoms with van der Waals surface area (Å²) in [5.74, 6) is 0.324. The van der Waals surface area contributed by atoms with Crippen LogP contribution in [-0.2, 0) is 0 Å². The van der Waals surface area contributed by atoms with Crippen molar-refractivity contribution in [3.63, 3.8) is 0 Å². The maximum absolute atomic E-state index is 9.47. The summed E-state index contributed by atoms with van der Waals surface area (Å²) >= 11 is 4.96. The van der Waals surface area contributed by atoms with Crippen molar-refractivity contribution in [1.82, 2.24) is 5.32 Å². The summed E-state index contributed by atoms with van der Waals surface area (Å²) in [7, 11) is 0. The molecule has 0 unspecified atom stereocenters. The first-order chi connectivity index (χ1) is 5.25. The lowest BCUT2D eigenvalue weighted by Crippen LogP contribution is -2.40. The quantitative estimate of drug-likeness (QED) is 0.661. The van der Waals surface area contributed by atoms with E-state index in [0.717, 1.165) is 5.70 Å². The Bertz CT molecular complexity index is 191. The molecule has 0 amide bonds. The normalized spacial score (nSPS) is 11.5. The molecule has 0 heterocycles. The van der Waals surface area contributed by atoms with Crippen molar-refractivity contribution >= 4 is 17.2 Å². The minimum atomic E-state index is -0.965. The molecule has 3 heteroatoms. The van der Waals surface area contributed by atoms with Crippen LogP contribution >= 0.6 is 12.2 Å². The molecule has 0 aliphatic carbocycles. The van der Waals surface area contributed by atoms with Gasteiger partial charge in [-0.3, -0.25) is 0 Å². The van der Waals surface area contributed by atoms with Crippen LogP contribution < -0.4 is 5.32 Å². The van der Waals surface area contributed by atoms with Gasteiger partial charge >= 0.3 is 0 Å².